The molecule has 1 saturated heterocycles. The SMILES string of the molecule is CCOP(=O)(C[C@H]1OC(COC(C)=O)[C@@H](OCc2ccccc2)[C@@H](OCc2ccccc2)C1NC(C)=O)OCC. The third-order valence-corrected chi connectivity index (χ3v) is 8.35. The molecule has 0 aromatic heterocycles. The van der Waals surface area contributed by atoms with Gasteiger partial charge in [0.1, 0.15) is 24.9 Å². The van der Waals surface area contributed by atoms with E-state index in [2.05, 4.69) is 5.32 Å². The van der Waals surface area contributed by atoms with Crippen LogP contribution in [0.5, 0.6) is 0 Å². The standard InChI is InChI=1S/C29H40NO9P/c1-5-37-40(33,38-6-2)20-26-27(30-21(3)31)29(36-18-24-15-11-8-12-16-24)28(25(39-26)19-34-22(4)32)35-17-23-13-9-7-10-14-23/h7-16,25-29H,5-6,17-20H2,1-4H3,(H,30,31)/t25?,26-,27?,28-,29+/m1/s1. The molecule has 0 bridgehead atoms. The minimum absolute atomic E-state index is 0.128. The second-order valence-corrected chi connectivity index (χ2v) is 11.5. The summed E-state index contributed by atoms with van der Waals surface area (Å²) in [6.07, 6.45) is -3.31. The highest BCUT2D eigenvalue weighted by Crippen LogP contribution is 2.50. The highest BCUT2D eigenvalue weighted by molar-refractivity contribution is 7.53. The summed E-state index contributed by atoms with van der Waals surface area (Å²) in [6, 6.07) is 18.4. The van der Waals surface area contributed by atoms with Crippen molar-refractivity contribution >= 4 is 19.5 Å². The van der Waals surface area contributed by atoms with E-state index in [-0.39, 0.29) is 45.1 Å². The lowest BCUT2D eigenvalue weighted by atomic mass is 9.92. The maximum atomic E-state index is 13.6. The molecule has 1 N–H and O–H groups in total. The largest absolute Gasteiger partial charge is 0.463 e. The van der Waals surface area contributed by atoms with Gasteiger partial charge in [0.15, 0.2) is 0 Å². The van der Waals surface area contributed by atoms with Gasteiger partial charge in [-0.15, -0.1) is 0 Å². The summed E-state index contributed by atoms with van der Waals surface area (Å²) in [7, 11) is -3.60. The van der Waals surface area contributed by atoms with Crippen molar-refractivity contribution in [1.82, 2.24) is 5.32 Å². The lowest BCUT2D eigenvalue weighted by molar-refractivity contribution is -0.227. The van der Waals surface area contributed by atoms with Crippen LogP contribution < -0.4 is 5.32 Å². The quantitative estimate of drug-likeness (QED) is 0.245. The number of esters is 1. The van der Waals surface area contributed by atoms with Gasteiger partial charge in [-0.1, -0.05) is 60.7 Å². The Morgan fingerprint density at radius 2 is 1.35 bits per heavy atom. The first kappa shape index (κ1) is 31.9. The van der Waals surface area contributed by atoms with Gasteiger partial charge >= 0.3 is 13.6 Å². The second kappa shape index (κ2) is 16.0. The summed E-state index contributed by atoms with van der Waals surface area (Å²) in [5, 5.41) is 2.93. The fourth-order valence-electron chi connectivity index (χ4n) is 4.60. The number of benzene rings is 2. The van der Waals surface area contributed by atoms with Crippen LogP contribution in [0.3, 0.4) is 0 Å². The Balaban J connectivity index is 1.99. The minimum Gasteiger partial charge on any atom is -0.463 e. The van der Waals surface area contributed by atoms with E-state index < -0.39 is 44.0 Å². The molecule has 1 aliphatic heterocycles. The molecule has 5 atom stereocenters. The van der Waals surface area contributed by atoms with Gasteiger partial charge in [-0.2, -0.15) is 0 Å². The molecule has 0 saturated carbocycles. The van der Waals surface area contributed by atoms with E-state index in [4.69, 9.17) is 28.0 Å². The van der Waals surface area contributed by atoms with E-state index in [1.807, 2.05) is 60.7 Å². The molecule has 1 aliphatic rings. The van der Waals surface area contributed by atoms with Crippen LogP contribution in [0.15, 0.2) is 60.7 Å². The zero-order valence-corrected chi connectivity index (χ0v) is 24.4. The number of rotatable bonds is 15. The number of hydrogen-bond acceptors (Lipinski definition) is 9. The van der Waals surface area contributed by atoms with E-state index in [0.717, 1.165) is 11.1 Å². The summed E-state index contributed by atoms with van der Waals surface area (Å²) < 4.78 is 49.2. The fraction of sp³-hybridized carbons (Fsp3) is 0.517. The molecule has 0 radical (unpaired) electrons. The fourth-order valence-corrected chi connectivity index (χ4v) is 6.43. The highest BCUT2D eigenvalue weighted by atomic mass is 31.2. The lowest BCUT2D eigenvalue weighted by Crippen LogP contribution is -2.66. The molecule has 1 fully saturated rings. The van der Waals surface area contributed by atoms with E-state index >= 15 is 0 Å². The van der Waals surface area contributed by atoms with Crippen molar-refractivity contribution in [1.29, 1.82) is 0 Å². The molecule has 3 rings (SSSR count). The average molecular weight is 578 g/mol. The number of carbonyl (C=O) groups is 2. The van der Waals surface area contributed by atoms with Gasteiger partial charge in [0.25, 0.3) is 0 Å². The molecule has 2 unspecified atom stereocenters. The van der Waals surface area contributed by atoms with Crippen LogP contribution >= 0.6 is 7.60 Å². The van der Waals surface area contributed by atoms with Gasteiger partial charge in [0.05, 0.1) is 44.7 Å². The number of carbonyl (C=O) groups excluding carboxylic acids is 2. The van der Waals surface area contributed by atoms with Gasteiger partial charge in [-0.25, -0.2) is 0 Å². The number of nitrogens with one attached hydrogen (secondary N) is 1. The first-order valence-electron chi connectivity index (χ1n) is 13.5. The molecule has 1 heterocycles. The Bertz CT molecular complexity index is 1090. The zero-order valence-electron chi connectivity index (χ0n) is 23.5. The number of amides is 1. The predicted octanol–water partition coefficient (Wildman–Crippen LogP) is 4.26. The predicted molar refractivity (Wildman–Crippen MR) is 149 cm³/mol. The summed E-state index contributed by atoms with van der Waals surface area (Å²) in [4.78, 5) is 24.2. The highest BCUT2D eigenvalue weighted by Gasteiger charge is 2.50. The molecule has 0 aliphatic carbocycles. The monoisotopic (exact) mass is 577 g/mol. The Hall–Kier alpha value is -2.59. The summed E-state index contributed by atoms with van der Waals surface area (Å²) in [5.74, 6) is -0.809. The topological polar surface area (TPSA) is 119 Å². The van der Waals surface area contributed by atoms with E-state index in [0.29, 0.717) is 0 Å². The van der Waals surface area contributed by atoms with E-state index in [1.165, 1.54) is 13.8 Å². The van der Waals surface area contributed by atoms with Crippen molar-refractivity contribution in [3.8, 4) is 0 Å². The van der Waals surface area contributed by atoms with Crippen molar-refractivity contribution in [3.05, 3.63) is 71.8 Å². The Labute approximate surface area is 236 Å². The van der Waals surface area contributed by atoms with Crippen LogP contribution in [-0.2, 0) is 55.4 Å². The van der Waals surface area contributed by atoms with Gasteiger partial charge in [-0.05, 0) is 25.0 Å². The number of ether oxygens (including phenoxy) is 4. The average Bonchev–Trinajstić information content (AvgIpc) is 2.92. The first-order chi connectivity index (χ1) is 19.2. The third kappa shape index (κ3) is 9.80. The van der Waals surface area contributed by atoms with Crippen LogP contribution in [-0.4, -0.2) is 68.3 Å². The maximum Gasteiger partial charge on any atom is 0.333 e. The minimum atomic E-state index is -3.60. The molecule has 220 valence electrons. The van der Waals surface area contributed by atoms with Crippen LogP contribution in [0.1, 0.15) is 38.8 Å². The van der Waals surface area contributed by atoms with Gasteiger partial charge in [0, 0.05) is 13.8 Å². The van der Waals surface area contributed by atoms with Crippen molar-refractivity contribution in [3.63, 3.8) is 0 Å². The Morgan fingerprint density at radius 1 is 0.825 bits per heavy atom. The van der Waals surface area contributed by atoms with Crippen LogP contribution in [0.4, 0.5) is 0 Å². The molecule has 11 heteroatoms. The molecule has 10 nitrogen and oxygen atoms in total. The van der Waals surface area contributed by atoms with Gasteiger partial charge < -0.3 is 33.3 Å². The molecular formula is C29H40NO9P. The van der Waals surface area contributed by atoms with Crippen LogP contribution in [0.2, 0.25) is 0 Å². The number of hydrogen-bond donors (Lipinski definition) is 1. The van der Waals surface area contributed by atoms with Crippen molar-refractivity contribution < 1.29 is 42.1 Å². The molecule has 40 heavy (non-hydrogen) atoms. The molecule has 1 amide bonds. The van der Waals surface area contributed by atoms with Gasteiger partial charge in [0.2, 0.25) is 5.91 Å². The molecular weight excluding hydrogens is 537 g/mol. The first-order valence-corrected chi connectivity index (χ1v) is 15.2. The molecule has 0 spiro atoms. The normalized spacial score (nSPS) is 22.9. The summed E-state index contributed by atoms with van der Waals surface area (Å²) in [5.41, 5.74) is 1.84. The van der Waals surface area contributed by atoms with E-state index in [9.17, 15) is 14.2 Å². The Kier molecular flexibility index (Phi) is 12.8. The van der Waals surface area contributed by atoms with Crippen LogP contribution in [0, 0.1) is 0 Å². The Morgan fingerprint density at radius 3 is 1.82 bits per heavy atom. The third-order valence-electron chi connectivity index (χ3n) is 6.24. The smallest absolute Gasteiger partial charge is 0.333 e. The van der Waals surface area contributed by atoms with Gasteiger partial charge in [-0.3, -0.25) is 14.2 Å². The molecule has 2 aromatic carbocycles. The maximum absolute atomic E-state index is 13.6. The summed E-state index contributed by atoms with van der Waals surface area (Å²) >= 11 is 0. The van der Waals surface area contributed by atoms with Crippen molar-refractivity contribution in [2.45, 2.75) is 71.4 Å². The van der Waals surface area contributed by atoms with Crippen LogP contribution in [0.25, 0.3) is 0 Å². The second-order valence-electron chi connectivity index (χ2n) is 9.39. The zero-order chi connectivity index (χ0) is 29.0. The molecule has 2 aromatic rings. The van der Waals surface area contributed by atoms with E-state index in [1.54, 1.807) is 13.8 Å². The van der Waals surface area contributed by atoms with Crippen molar-refractivity contribution in [2.24, 2.45) is 0 Å². The lowest BCUT2D eigenvalue weighted by Gasteiger charge is -2.46. The summed E-state index contributed by atoms with van der Waals surface area (Å²) in [6.45, 7) is 6.80. The van der Waals surface area contributed by atoms with Crippen molar-refractivity contribution in [2.75, 3.05) is 26.0 Å².